The van der Waals surface area contributed by atoms with Gasteiger partial charge in [-0.3, -0.25) is 14.4 Å². The quantitative estimate of drug-likeness (QED) is 0.266. The number of carbonyl (C=O) groups excluding carboxylic acids is 3. The van der Waals surface area contributed by atoms with Crippen molar-refractivity contribution in [3.63, 3.8) is 0 Å². The number of aromatic nitrogens is 1. The molecule has 0 aliphatic heterocycles. The standard InChI is InChI=1S/C27H24N2O5S/c1-3-33-21-11-8-12-22-24(21)29(17-23(30)34-4-2)27(35-22)28-26(32)20-15-13-19(14-16-20)25(31)18-9-6-5-7-10-18/h5-16H,3-4,17H2,1-2H3. The van der Waals surface area contributed by atoms with Gasteiger partial charge in [0.15, 0.2) is 10.6 Å². The minimum Gasteiger partial charge on any atom is -0.492 e. The first-order valence-electron chi connectivity index (χ1n) is 11.2. The molecule has 0 atom stereocenters. The fraction of sp³-hybridized carbons (Fsp3) is 0.185. The summed E-state index contributed by atoms with van der Waals surface area (Å²) in [7, 11) is 0. The van der Waals surface area contributed by atoms with Gasteiger partial charge in [0, 0.05) is 16.7 Å². The summed E-state index contributed by atoms with van der Waals surface area (Å²) in [6.07, 6.45) is 0. The summed E-state index contributed by atoms with van der Waals surface area (Å²) in [5, 5.41) is 0. The molecule has 0 aliphatic rings. The SMILES string of the molecule is CCOC(=O)Cn1c(=NC(=O)c2ccc(C(=O)c3ccccc3)cc2)sc2cccc(OCC)c21. The zero-order chi connectivity index (χ0) is 24.8. The molecule has 4 rings (SSSR count). The van der Waals surface area contributed by atoms with E-state index < -0.39 is 11.9 Å². The Hall–Kier alpha value is -4.04. The Balaban J connectivity index is 1.70. The van der Waals surface area contributed by atoms with Crippen molar-refractivity contribution in [3.8, 4) is 5.75 Å². The Labute approximate surface area is 206 Å². The van der Waals surface area contributed by atoms with Crippen molar-refractivity contribution in [3.05, 3.63) is 94.3 Å². The Kier molecular flexibility index (Phi) is 7.52. The van der Waals surface area contributed by atoms with Crippen molar-refractivity contribution in [2.75, 3.05) is 13.2 Å². The van der Waals surface area contributed by atoms with Crippen LogP contribution in [0.1, 0.15) is 40.1 Å². The molecule has 4 aromatic rings. The van der Waals surface area contributed by atoms with E-state index in [0.29, 0.717) is 39.4 Å². The van der Waals surface area contributed by atoms with Crippen LogP contribution in [-0.2, 0) is 16.1 Å². The largest absolute Gasteiger partial charge is 0.492 e. The van der Waals surface area contributed by atoms with Gasteiger partial charge in [-0.15, -0.1) is 0 Å². The third-order valence-corrected chi connectivity index (χ3v) is 6.23. The first kappa shape index (κ1) is 24.1. The number of para-hydroxylation sites is 1. The monoisotopic (exact) mass is 488 g/mol. The predicted octanol–water partition coefficient (Wildman–Crippen LogP) is 4.64. The van der Waals surface area contributed by atoms with E-state index in [1.165, 1.54) is 11.3 Å². The molecule has 0 N–H and O–H groups in total. The van der Waals surface area contributed by atoms with Crippen molar-refractivity contribution >= 4 is 39.2 Å². The molecule has 8 heteroatoms. The third kappa shape index (κ3) is 5.38. The molecule has 1 heterocycles. The van der Waals surface area contributed by atoms with Gasteiger partial charge in [-0.1, -0.05) is 59.9 Å². The van der Waals surface area contributed by atoms with Crippen LogP contribution < -0.4 is 9.54 Å². The fourth-order valence-electron chi connectivity index (χ4n) is 3.61. The number of thiazole rings is 1. The number of fused-ring (bicyclic) bond motifs is 1. The number of esters is 1. The van der Waals surface area contributed by atoms with Crippen LogP contribution in [0.2, 0.25) is 0 Å². The van der Waals surface area contributed by atoms with Crippen LogP contribution in [0, 0.1) is 0 Å². The molecule has 35 heavy (non-hydrogen) atoms. The maximum atomic E-state index is 13.0. The Morgan fingerprint density at radius 3 is 2.20 bits per heavy atom. The summed E-state index contributed by atoms with van der Waals surface area (Å²) in [5.41, 5.74) is 2.07. The molecule has 1 aromatic heterocycles. The average Bonchev–Trinajstić information content (AvgIpc) is 3.22. The molecule has 0 bridgehead atoms. The van der Waals surface area contributed by atoms with E-state index in [1.807, 2.05) is 31.2 Å². The van der Waals surface area contributed by atoms with E-state index >= 15 is 0 Å². The van der Waals surface area contributed by atoms with E-state index in [0.717, 1.165) is 4.70 Å². The molecular weight excluding hydrogens is 464 g/mol. The van der Waals surface area contributed by atoms with Crippen molar-refractivity contribution in [1.82, 2.24) is 4.57 Å². The van der Waals surface area contributed by atoms with Gasteiger partial charge in [-0.2, -0.15) is 4.99 Å². The predicted molar refractivity (Wildman–Crippen MR) is 134 cm³/mol. The molecule has 0 unspecified atom stereocenters. The van der Waals surface area contributed by atoms with Crippen LogP contribution >= 0.6 is 11.3 Å². The molecular formula is C27H24N2O5S. The van der Waals surface area contributed by atoms with Crippen LogP contribution in [0.25, 0.3) is 10.2 Å². The fourth-order valence-corrected chi connectivity index (χ4v) is 4.65. The van der Waals surface area contributed by atoms with Gasteiger partial charge in [0.25, 0.3) is 5.91 Å². The molecule has 178 valence electrons. The van der Waals surface area contributed by atoms with E-state index in [2.05, 4.69) is 4.99 Å². The van der Waals surface area contributed by atoms with Crippen LogP contribution in [0.15, 0.2) is 77.8 Å². The van der Waals surface area contributed by atoms with Gasteiger partial charge < -0.3 is 14.0 Å². The van der Waals surface area contributed by atoms with Gasteiger partial charge in [-0.05, 0) is 38.1 Å². The first-order valence-corrected chi connectivity index (χ1v) is 12.0. The summed E-state index contributed by atoms with van der Waals surface area (Å²) in [6.45, 7) is 4.21. The van der Waals surface area contributed by atoms with Crippen molar-refractivity contribution in [2.45, 2.75) is 20.4 Å². The highest BCUT2D eigenvalue weighted by Gasteiger charge is 2.17. The number of ether oxygens (including phenoxy) is 2. The van der Waals surface area contributed by atoms with E-state index in [1.54, 1.807) is 60.0 Å². The summed E-state index contributed by atoms with van der Waals surface area (Å²) < 4.78 is 13.4. The summed E-state index contributed by atoms with van der Waals surface area (Å²) in [6, 6.07) is 20.9. The van der Waals surface area contributed by atoms with Gasteiger partial charge in [0.2, 0.25) is 0 Å². The number of hydrogen-bond donors (Lipinski definition) is 0. The molecule has 7 nitrogen and oxygen atoms in total. The van der Waals surface area contributed by atoms with Gasteiger partial charge in [0.1, 0.15) is 17.8 Å². The Morgan fingerprint density at radius 2 is 1.51 bits per heavy atom. The second kappa shape index (κ2) is 10.9. The van der Waals surface area contributed by atoms with E-state index in [9.17, 15) is 14.4 Å². The summed E-state index contributed by atoms with van der Waals surface area (Å²) in [5.74, 6) is -0.438. The lowest BCUT2D eigenvalue weighted by molar-refractivity contribution is -0.143. The lowest BCUT2D eigenvalue weighted by Crippen LogP contribution is -2.23. The van der Waals surface area contributed by atoms with Crippen LogP contribution in [0.3, 0.4) is 0 Å². The van der Waals surface area contributed by atoms with Crippen molar-refractivity contribution in [1.29, 1.82) is 0 Å². The molecule has 0 radical (unpaired) electrons. The number of hydrogen-bond acceptors (Lipinski definition) is 6. The minimum atomic E-state index is -0.481. The van der Waals surface area contributed by atoms with Gasteiger partial charge >= 0.3 is 5.97 Å². The summed E-state index contributed by atoms with van der Waals surface area (Å²) in [4.78, 5) is 42.6. The molecule has 0 fully saturated rings. The lowest BCUT2D eigenvalue weighted by atomic mass is 10.0. The average molecular weight is 489 g/mol. The minimum absolute atomic E-state index is 0.103. The van der Waals surface area contributed by atoms with Crippen LogP contribution in [0.4, 0.5) is 0 Å². The van der Waals surface area contributed by atoms with Gasteiger partial charge in [0.05, 0.1) is 17.9 Å². The lowest BCUT2D eigenvalue weighted by Gasteiger charge is -2.09. The smallest absolute Gasteiger partial charge is 0.326 e. The van der Waals surface area contributed by atoms with Crippen molar-refractivity contribution < 1.29 is 23.9 Å². The first-order chi connectivity index (χ1) is 17.0. The maximum Gasteiger partial charge on any atom is 0.326 e. The normalized spacial score (nSPS) is 11.4. The topological polar surface area (TPSA) is 87.0 Å². The molecule has 0 saturated carbocycles. The number of rotatable bonds is 8. The number of amides is 1. The number of nitrogens with zero attached hydrogens (tertiary/aromatic N) is 2. The highest BCUT2D eigenvalue weighted by atomic mass is 32.1. The number of carbonyl (C=O) groups is 3. The van der Waals surface area contributed by atoms with E-state index in [4.69, 9.17) is 9.47 Å². The van der Waals surface area contributed by atoms with E-state index in [-0.39, 0.29) is 18.9 Å². The molecule has 0 spiro atoms. The Morgan fingerprint density at radius 1 is 0.829 bits per heavy atom. The maximum absolute atomic E-state index is 13.0. The Bertz CT molecular complexity index is 1440. The zero-order valence-electron chi connectivity index (χ0n) is 19.4. The second-order valence-corrected chi connectivity index (χ2v) is 8.51. The van der Waals surface area contributed by atoms with Crippen molar-refractivity contribution in [2.24, 2.45) is 4.99 Å². The van der Waals surface area contributed by atoms with Gasteiger partial charge in [-0.25, -0.2) is 0 Å². The molecule has 1 amide bonds. The van der Waals surface area contributed by atoms with Crippen LogP contribution in [0.5, 0.6) is 5.75 Å². The highest BCUT2D eigenvalue weighted by Crippen LogP contribution is 2.28. The molecule has 0 aliphatic carbocycles. The number of benzene rings is 3. The highest BCUT2D eigenvalue weighted by molar-refractivity contribution is 7.16. The van der Waals surface area contributed by atoms with Crippen LogP contribution in [-0.4, -0.2) is 35.4 Å². The second-order valence-electron chi connectivity index (χ2n) is 7.50. The summed E-state index contributed by atoms with van der Waals surface area (Å²) >= 11 is 1.29. The third-order valence-electron chi connectivity index (χ3n) is 5.18. The number of ketones is 1. The molecule has 0 saturated heterocycles. The molecule has 3 aromatic carbocycles. The zero-order valence-corrected chi connectivity index (χ0v) is 20.2.